The van der Waals surface area contributed by atoms with Crippen LogP contribution in [0.5, 0.6) is 0 Å². The lowest BCUT2D eigenvalue weighted by Crippen LogP contribution is -2.61. The number of carbonyl (C=O) groups is 2. The number of unbranched alkanes of at least 4 members (excludes halogenated alkanes) is 26. The quantitative estimate of drug-likeness (QED) is 0.0136. The third kappa shape index (κ3) is 27.8. The van der Waals surface area contributed by atoms with Gasteiger partial charge in [0, 0.05) is 12.5 Å². The second-order valence-electron chi connectivity index (χ2n) is 18.8. The molecule has 0 spiro atoms. The minimum Gasteiger partial charge on any atom is -0.458 e. The molecule has 0 aromatic rings. The Morgan fingerprint density at radius 2 is 0.940 bits per heavy atom. The van der Waals surface area contributed by atoms with Crippen LogP contribution in [0.25, 0.3) is 0 Å². The lowest BCUT2D eigenvalue weighted by molar-refractivity contribution is -0.332. The summed E-state index contributed by atoms with van der Waals surface area (Å²) in [5.74, 6) is -1.17. The van der Waals surface area contributed by atoms with E-state index in [0.29, 0.717) is 6.42 Å². The van der Waals surface area contributed by atoms with Gasteiger partial charge < -0.3 is 64.2 Å². The molecule has 15 heteroatoms. The van der Waals surface area contributed by atoms with Gasteiger partial charge in [0.25, 0.3) is 0 Å². The van der Waals surface area contributed by atoms with Crippen LogP contribution < -0.4 is 0 Å². The van der Waals surface area contributed by atoms with Crippen molar-refractivity contribution in [1.82, 2.24) is 0 Å². The molecule has 67 heavy (non-hydrogen) atoms. The van der Waals surface area contributed by atoms with Gasteiger partial charge in [0.1, 0.15) is 55.4 Å². The van der Waals surface area contributed by atoms with Crippen molar-refractivity contribution in [1.29, 1.82) is 0 Å². The molecule has 0 aliphatic carbocycles. The Hall–Kier alpha value is -2.02. The van der Waals surface area contributed by atoms with Gasteiger partial charge in [-0.2, -0.15) is 0 Å². The molecule has 0 amide bonds. The number of allylic oxidation sites excluding steroid dienone is 3. The first kappa shape index (κ1) is 61.1. The summed E-state index contributed by atoms with van der Waals surface area (Å²) in [7, 11) is 0. The van der Waals surface area contributed by atoms with Crippen molar-refractivity contribution in [2.24, 2.45) is 0 Å². The van der Waals surface area contributed by atoms with E-state index in [1.807, 2.05) is 6.08 Å². The summed E-state index contributed by atoms with van der Waals surface area (Å²) in [5.41, 5.74) is 0. The predicted molar refractivity (Wildman–Crippen MR) is 257 cm³/mol. The Labute approximate surface area is 403 Å². The van der Waals surface area contributed by atoms with Gasteiger partial charge in [-0.25, -0.2) is 4.79 Å². The molecule has 0 saturated carbocycles. The van der Waals surface area contributed by atoms with E-state index in [-0.39, 0.29) is 13.0 Å². The van der Waals surface area contributed by atoms with Crippen LogP contribution in [0.15, 0.2) is 24.3 Å². The van der Waals surface area contributed by atoms with Crippen LogP contribution in [-0.4, -0.2) is 142 Å². The maximum Gasteiger partial charge on any atom is 0.330 e. The fourth-order valence-corrected chi connectivity index (χ4v) is 8.43. The summed E-state index contributed by atoms with van der Waals surface area (Å²) in [4.78, 5) is 25.6. The van der Waals surface area contributed by atoms with Gasteiger partial charge in [-0.1, -0.05) is 193 Å². The first-order chi connectivity index (χ1) is 32.5. The van der Waals surface area contributed by atoms with Crippen LogP contribution >= 0.6 is 0 Å². The van der Waals surface area contributed by atoms with E-state index in [0.717, 1.165) is 32.1 Å². The Morgan fingerprint density at radius 1 is 0.507 bits per heavy atom. The van der Waals surface area contributed by atoms with Crippen LogP contribution in [0.3, 0.4) is 0 Å². The lowest BCUT2D eigenvalue weighted by atomic mass is 9.98. The van der Waals surface area contributed by atoms with E-state index in [1.54, 1.807) is 12.2 Å². The molecule has 0 aromatic carbocycles. The van der Waals surface area contributed by atoms with Gasteiger partial charge >= 0.3 is 11.9 Å². The molecule has 0 radical (unpaired) electrons. The monoisotopic (exact) mass is 959 g/mol. The summed E-state index contributed by atoms with van der Waals surface area (Å²) in [6.07, 6.45) is 24.1. The largest absolute Gasteiger partial charge is 0.458 e. The molecule has 2 saturated heterocycles. The van der Waals surface area contributed by atoms with Crippen molar-refractivity contribution < 1.29 is 73.8 Å². The van der Waals surface area contributed by atoms with E-state index in [9.17, 15) is 45.3 Å². The number of hydrogen-bond donors (Lipinski definition) is 7. The van der Waals surface area contributed by atoms with Crippen LogP contribution in [0.4, 0.5) is 0 Å². The Balaban J connectivity index is 1.83. The van der Waals surface area contributed by atoms with Crippen molar-refractivity contribution in [2.45, 2.75) is 268 Å². The van der Waals surface area contributed by atoms with Gasteiger partial charge in [0.05, 0.1) is 19.8 Å². The number of ether oxygens (including phenoxy) is 6. The molecule has 0 bridgehead atoms. The normalized spacial score (nSPS) is 26.1. The van der Waals surface area contributed by atoms with Gasteiger partial charge in [-0.15, -0.1) is 0 Å². The standard InChI is InChI=1S/C52H94O15/c1-3-5-7-9-11-13-15-17-19-21-23-25-27-29-31-33-35-44(55)65-40(37-62-43(54)34-32-30-28-26-24-22-20-18-16-14-12-10-8-6-4-2)38-63-51-50(61)48(59)46(57)42(67-51)39-64-52-49(60)47(58)45(56)41(36-53)66-52/h28,30,32,34,40-42,45-53,56-61H,3-27,29,31,33,35-39H2,1-2H3/b30-28+,34-32+/t40-,41-,42-,45+,46+,47?,48?,49?,50?,51-,52-/m1/s1. The average Bonchev–Trinajstić information content (AvgIpc) is 3.32. The highest BCUT2D eigenvalue weighted by Gasteiger charge is 2.47. The second kappa shape index (κ2) is 39.7. The van der Waals surface area contributed by atoms with Crippen molar-refractivity contribution >= 4 is 11.9 Å². The smallest absolute Gasteiger partial charge is 0.330 e. The molecule has 2 aliphatic rings. The molecule has 11 atom stereocenters. The van der Waals surface area contributed by atoms with Crippen LogP contribution in [0, 0.1) is 0 Å². The molecule has 2 fully saturated rings. The van der Waals surface area contributed by atoms with Crippen molar-refractivity contribution in [3.8, 4) is 0 Å². The topological polar surface area (TPSA) is 231 Å². The minimum absolute atomic E-state index is 0.150. The number of aliphatic hydroxyl groups is 7. The lowest BCUT2D eigenvalue weighted by Gasteiger charge is -2.42. The van der Waals surface area contributed by atoms with Gasteiger partial charge in [-0.3, -0.25) is 4.79 Å². The predicted octanol–water partition coefficient (Wildman–Crippen LogP) is 7.55. The Bertz CT molecular complexity index is 1270. The minimum atomic E-state index is -1.77. The van der Waals surface area contributed by atoms with Gasteiger partial charge in [0.2, 0.25) is 0 Å². The Kier molecular flexibility index (Phi) is 36.2. The number of esters is 2. The van der Waals surface area contributed by atoms with Crippen LogP contribution in [-0.2, 0) is 38.0 Å². The first-order valence-corrected chi connectivity index (χ1v) is 26.5. The molecule has 4 unspecified atom stereocenters. The summed E-state index contributed by atoms with van der Waals surface area (Å²) >= 11 is 0. The van der Waals surface area contributed by atoms with E-state index >= 15 is 0 Å². The second-order valence-corrected chi connectivity index (χ2v) is 18.8. The Morgan fingerprint density at radius 3 is 1.43 bits per heavy atom. The molecule has 7 N–H and O–H groups in total. The summed E-state index contributed by atoms with van der Waals surface area (Å²) < 4.78 is 33.4. The number of hydrogen-bond acceptors (Lipinski definition) is 15. The third-order valence-corrected chi connectivity index (χ3v) is 12.8. The van der Waals surface area contributed by atoms with E-state index in [2.05, 4.69) is 13.8 Å². The van der Waals surface area contributed by atoms with E-state index in [4.69, 9.17) is 28.4 Å². The zero-order valence-corrected chi connectivity index (χ0v) is 41.4. The highest BCUT2D eigenvalue weighted by atomic mass is 16.7. The molecule has 2 rings (SSSR count). The molecular weight excluding hydrogens is 865 g/mol. The van der Waals surface area contributed by atoms with Crippen molar-refractivity contribution in [3.63, 3.8) is 0 Å². The summed E-state index contributed by atoms with van der Waals surface area (Å²) in [6, 6.07) is 0. The van der Waals surface area contributed by atoms with E-state index < -0.39 is 99.3 Å². The number of carbonyl (C=O) groups excluding carboxylic acids is 2. The highest BCUT2D eigenvalue weighted by Crippen LogP contribution is 2.26. The summed E-state index contributed by atoms with van der Waals surface area (Å²) in [6.45, 7) is 2.49. The van der Waals surface area contributed by atoms with Gasteiger partial charge in [0.15, 0.2) is 18.7 Å². The molecule has 0 aromatic heterocycles. The molecule has 392 valence electrons. The third-order valence-electron chi connectivity index (χ3n) is 12.8. The SMILES string of the molecule is CCCCCCCCCCCCC/C=C/C=C/C(=O)OC[C@H](CO[C@@H]1O[C@H](CO[C@@H]2O[C@H](CO)[C@H](O)C(O)C2O)[C@H](O)C(O)C1O)OC(=O)CCCCCCCCCCCCCCCCCC. The molecule has 15 nitrogen and oxygen atoms in total. The van der Waals surface area contributed by atoms with Crippen LogP contribution in [0.1, 0.15) is 200 Å². The average molecular weight is 959 g/mol. The fraction of sp³-hybridized carbons (Fsp3) is 0.885. The fourth-order valence-electron chi connectivity index (χ4n) is 8.43. The van der Waals surface area contributed by atoms with E-state index in [1.165, 1.54) is 147 Å². The first-order valence-electron chi connectivity index (χ1n) is 26.5. The maximum absolute atomic E-state index is 13.0. The molecule has 2 heterocycles. The van der Waals surface area contributed by atoms with Crippen molar-refractivity contribution in [2.75, 3.05) is 26.4 Å². The maximum atomic E-state index is 13.0. The summed E-state index contributed by atoms with van der Waals surface area (Å²) in [5, 5.41) is 72.1. The van der Waals surface area contributed by atoms with Crippen LogP contribution in [0.2, 0.25) is 0 Å². The zero-order valence-electron chi connectivity index (χ0n) is 41.4. The highest BCUT2D eigenvalue weighted by molar-refractivity contribution is 5.82. The molecular formula is C52H94O15. The van der Waals surface area contributed by atoms with Crippen molar-refractivity contribution in [3.05, 3.63) is 24.3 Å². The van der Waals surface area contributed by atoms with Gasteiger partial charge in [-0.05, 0) is 19.3 Å². The molecule has 2 aliphatic heterocycles. The number of aliphatic hydroxyl groups excluding tert-OH is 7. The number of rotatable bonds is 41. The zero-order chi connectivity index (χ0) is 48.9.